The lowest BCUT2D eigenvalue weighted by molar-refractivity contribution is 0.731. The Kier molecular flexibility index (Phi) is 4.93. The van der Waals surface area contributed by atoms with Crippen LogP contribution in [0.15, 0.2) is 30.3 Å². The van der Waals surface area contributed by atoms with Gasteiger partial charge in [-0.25, -0.2) is 4.98 Å². The second-order valence-corrected chi connectivity index (χ2v) is 5.43. The third kappa shape index (κ3) is 3.33. The molecule has 4 heteroatoms. The van der Waals surface area contributed by atoms with Gasteiger partial charge in [-0.15, -0.1) is 0 Å². The molecule has 0 aliphatic carbocycles. The van der Waals surface area contributed by atoms with E-state index in [1.54, 1.807) is 11.3 Å². The molecule has 0 spiro atoms. The first kappa shape index (κ1) is 14.0. The van der Waals surface area contributed by atoms with Crippen LogP contribution in [0.3, 0.4) is 0 Å². The molecule has 0 aliphatic rings. The zero-order valence-corrected chi connectivity index (χ0v) is 12.6. The third-order valence-electron chi connectivity index (χ3n) is 3.03. The van der Waals surface area contributed by atoms with Crippen molar-refractivity contribution in [2.75, 3.05) is 18.0 Å². The van der Waals surface area contributed by atoms with Gasteiger partial charge in [-0.2, -0.15) is 0 Å². The van der Waals surface area contributed by atoms with Gasteiger partial charge < -0.3 is 10.2 Å². The maximum atomic E-state index is 4.72. The van der Waals surface area contributed by atoms with Crippen molar-refractivity contribution in [2.24, 2.45) is 0 Å². The van der Waals surface area contributed by atoms with Crippen LogP contribution >= 0.6 is 11.3 Å². The lowest BCUT2D eigenvalue weighted by atomic mass is 10.3. The second kappa shape index (κ2) is 6.68. The van der Waals surface area contributed by atoms with Crippen molar-refractivity contribution in [1.29, 1.82) is 0 Å². The number of benzene rings is 1. The highest BCUT2D eigenvalue weighted by molar-refractivity contribution is 7.15. The third-order valence-corrected chi connectivity index (χ3v) is 4.21. The van der Waals surface area contributed by atoms with Gasteiger partial charge in [-0.3, -0.25) is 0 Å². The van der Waals surface area contributed by atoms with Crippen LogP contribution < -0.4 is 10.2 Å². The Morgan fingerprint density at radius 1 is 1.21 bits per heavy atom. The molecule has 0 unspecified atom stereocenters. The fraction of sp³-hybridized carbons (Fsp3) is 0.400. The molecule has 0 saturated carbocycles. The van der Waals surface area contributed by atoms with Crippen molar-refractivity contribution in [3.63, 3.8) is 0 Å². The molecule has 19 heavy (non-hydrogen) atoms. The van der Waals surface area contributed by atoms with Crippen LogP contribution in [-0.4, -0.2) is 18.1 Å². The molecule has 0 saturated heterocycles. The minimum absolute atomic E-state index is 0.909. The molecule has 1 heterocycles. The Morgan fingerprint density at radius 3 is 2.58 bits per heavy atom. The largest absolute Gasteiger partial charge is 0.318 e. The van der Waals surface area contributed by atoms with E-state index in [9.17, 15) is 0 Å². The van der Waals surface area contributed by atoms with Gasteiger partial charge in [-0.1, -0.05) is 36.5 Å². The van der Waals surface area contributed by atoms with Gasteiger partial charge in [0, 0.05) is 23.7 Å². The van der Waals surface area contributed by atoms with Crippen molar-refractivity contribution >= 4 is 22.2 Å². The Morgan fingerprint density at radius 2 is 1.95 bits per heavy atom. The lowest BCUT2D eigenvalue weighted by Crippen LogP contribution is -2.15. The number of hydrogen-bond acceptors (Lipinski definition) is 4. The predicted octanol–water partition coefficient (Wildman–Crippen LogP) is 3.72. The number of para-hydroxylation sites is 1. The second-order valence-electron chi connectivity index (χ2n) is 4.37. The summed E-state index contributed by atoms with van der Waals surface area (Å²) in [7, 11) is 0. The van der Waals surface area contributed by atoms with Crippen molar-refractivity contribution in [2.45, 2.75) is 27.3 Å². The first-order chi connectivity index (χ1) is 9.26. The van der Waals surface area contributed by atoms with Crippen LogP contribution in [0.5, 0.6) is 0 Å². The van der Waals surface area contributed by atoms with Crippen molar-refractivity contribution in [3.8, 4) is 0 Å². The van der Waals surface area contributed by atoms with E-state index in [-0.39, 0.29) is 0 Å². The average molecular weight is 275 g/mol. The lowest BCUT2D eigenvalue weighted by Gasteiger charge is -2.19. The van der Waals surface area contributed by atoms with Crippen LogP contribution in [0.2, 0.25) is 0 Å². The summed E-state index contributed by atoms with van der Waals surface area (Å²) in [4.78, 5) is 8.30. The first-order valence-electron chi connectivity index (χ1n) is 6.75. The van der Waals surface area contributed by atoms with Crippen molar-refractivity contribution < 1.29 is 0 Å². The number of rotatable bonds is 6. The molecular weight excluding hydrogens is 254 g/mol. The van der Waals surface area contributed by atoms with Gasteiger partial charge in [-0.05, 0) is 32.5 Å². The summed E-state index contributed by atoms with van der Waals surface area (Å²) in [5.74, 6) is 0. The van der Waals surface area contributed by atoms with Crippen LogP contribution in [0.1, 0.15) is 24.4 Å². The zero-order valence-electron chi connectivity index (χ0n) is 11.8. The van der Waals surface area contributed by atoms with E-state index < -0.39 is 0 Å². The van der Waals surface area contributed by atoms with Crippen LogP contribution in [0.25, 0.3) is 0 Å². The molecule has 0 radical (unpaired) electrons. The Hall–Kier alpha value is -1.39. The molecule has 0 fully saturated rings. The summed E-state index contributed by atoms with van der Waals surface area (Å²) in [6, 6.07) is 10.4. The highest BCUT2D eigenvalue weighted by Crippen LogP contribution is 2.31. The number of aromatic nitrogens is 1. The molecule has 1 aromatic heterocycles. The van der Waals surface area contributed by atoms with Gasteiger partial charge in [0.2, 0.25) is 0 Å². The molecule has 0 bridgehead atoms. The SMILES string of the molecule is CCNCc1sc(N(CC)c2ccccc2)nc1C. The summed E-state index contributed by atoms with van der Waals surface area (Å²) in [6.07, 6.45) is 0. The number of nitrogens with zero attached hydrogens (tertiary/aromatic N) is 2. The summed E-state index contributed by atoms with van der Waals surface area (Å²) in [5, 5.41) is 4.45. The van der Waals surface area contributed by atoms with E-state index in [4.69, 9.17) is 4.98 Å². The fourth-order valence-electron chi connectivity index (χ4n) is 1.97. The van der Waals surface area contributed by atoms with Crippen LogP contribution in [0.4, 0.5) is 10.8 Å². The van der Waals surface area contributed by atoms with Crippen molar-refractivity contribution in [3.05, 3.63) is 40.9 Å². The fourth-order valence-corrected chi connectivity index (χ4v) is 3.08. The molecule has 2 aromatic rings. The highest BCUT2D eigenvalue weighted by atomic mass is 32.1. The number of nitrogens with one attached hydrogen (secondary N) is 1. The molecule has 0 atom stereocenters. The average Bonchev–Trinajstić information content (AvgIpc) is 2.79. The number of anilines is 2. The van der Waals surface area contributed by atoms with E-state index in [0.717, 1.165) is 30.5 Å². The summed E-state index contributed by atoms with van der Waals surface area (Å²) < 4.78 is 0. The maximum absolute atomic E-state index is 4.72. The van der Waals surface area contributed by atoms with Crippen LogP contribution in [0, 0.1) is 6.92 Å². The smallest absolute Gasteiger partial charge is 0.190 e. The Balaban J connectivity index is 2.24. The van der Waals surface area contributed by atoms with E-state index in [1.807, 2.05) is 6.07 Å². The first-order valence-corrected chi connectivity index (χ1v) is 7.57. The number of hydrogen-bond donors (Lipinski definition) is 1. The Labute approximate surface area is 119 Å². The topological polar surface area (TPSA) is 28.2 Å². The summed E-state index contributed by atoms with van der Waals surface area (Å²) in [6.45, 7) is 9.20. The molecule has 102 valence electrons. The van der Waals surface area contributed by atoms with E-state index in [1.165, 1.54) is 10.6 Å². The van der Waals surface area contributed by atoms with Gasteiger partial charge in [0.15, 0.2) is 5.13 Å². The number of thiazole rings is 1. The highest BCUT2D eigenvalue weighted by Gasteiger charge is 2.14. The quantitative estimate of drug-likeness (QED) is 0.871. The standard InChI is InChI=1S/C15H21N3S/c1-4-16-11-14-12(3)17-15(19-14)18(5-2)13-9-7-6-8-10-13/h6-10,16H,4-5,11H2,1-3H3. The van der Waals surface area contributed by atoms with Gasteiger partial charge in [0.05, 0.1) is 5.69 Å². The normalized spacial score (nSPS) is 10.7. The molecule has 1 N–H and O–H groups in total. The van der Waals surface area contributed by atoms with Crippen molar-refractivity contribution in [1.82, 2.24) is 10.3 Å². The predicted molar refractivity (Wildman–Crippen MR) is 83.4 cm³/mol. The van der Waals surface area contributed by atoms with Crippen LogP contribution in [-0.2, 0) is 6.54 Å². The van der Waals surface area contributed by atoms with E-state index >= 15 is 0 Å². The molecule has 3 nitrogen and oxygen atoms in total. The van der Waals surface area contributed by atoms with Gasteiger partial charge in [0.1, 0.15) is 0 Å². The van der Waals surface area contributed by atoms with Gasteiger partial charge in [0.25, 0.3) is 0 Å². The van der Waals surface area contributed by atoms with Gasteiger partial charge >= 0.3 is 0 Å². The number of aryl methyl sites for hydroxylation is 1. The summed E-state index contributed by atoms with van der Waals surface area (Å²) >= 11 is 1.78. The minimum Gasteiger partial charge on any atom is -0.318 e. The monoisotopic (exact) mass is 275 g/mol. The summed E-state index contributed by atoms with van der Waals surface area (Å²) in [5.41, 5.74) is 2.34. The minimum atomic E-state index is 0.909. The zero-order chi connectivity index (χ0) is 13.7. The Bertz CT molecular complexity index is 507. The van der Waals surface area contributed by atoms with E-state index in [0.29, 0.717) is 0 Å². The van der Waals surface area contributed by atoms with E-state index in [2.05, 4.69) is 55.3 Å². The maximum Gasteiger partial charge on any atom is 0.190 e. The molecular formula is C15H21N3S. The molecule has 0 amide bonds. The molecule has 1 aromatic carbocycles. The molecule has 2 rings (SSSR count). The molecule has 0 aliphatic heterocycles.